The zero-order valence-corrected chi connectivity index (χ0v) is 10.5. The summed E-state index contributed by atoms with van der Waals surface area (Å²) >= 11 is 0. The molecule has 0 bridgehead atoms. The predicted molar refractivity (Wildman–Crippen MR) is 68.4 cm³/mol. The maximum absolute atomic E-state index is 12.3. The van der Waals surface area contributed by atoms with Crippen molar-refractivity contribution in [3.05, 3.63) is 29.3 Å². The Morgan fingerprint density at radius 3 is 2.72 bits per heavy atom. The summed E-state index contributed by atoms with van der Waals surface area (Å²) in [7, 11) is 0. The van der Waals surface area contributed by atoms with Gasteiger partial charge in [-0.25, -0.2) is 0 Å². The zero-order chi connectivity index (χ0) is 12.9. The van der Waals surface area contributed by atoms with E-state index >= 15 is 0 Å². The first kappa shape index (κ1) is 11.5. The molecule has 1 aromatic rings. The molecule has 0 atom stereocenters. The molecule has 0 radical (unpaired) electrons. The van der Waals surface area contributed by atoms with Crippen LogP contribution in [0, 0.1) is 12.8 Å². The molecule has 2 aliphatic rings. The Bertz CT molecular complexity index is 503. The van der Waals surface area contributed by atoms with Crippen LogP contribution in [0.5, 0.6) is 5.75 Å². The van der Waals surface area contributed by atoms with E-state index in [2.05, 4.69) is 0 Å². The molecule has 0 aromatic heterocycles. The summed E-state index contributed by atoms with van der Waals surface area (Å²) in [5, 5.41) is 9.63. The van der Waals surface area contributed by atoms with Gasteiger partial charge in [-0.05, 0) is 37.8 Å². The number of likely N-dealkylation sites (tertiary alicyclic amines) is 1. The first-order valence-electron chi connectivity index (χ1n) is 6.38. The third kappa shape index (κ3) is 1.68. The Hall–Kier alpha value is -1.55. The fraction of sp³-hybridized carbons (Fsp3) is 0.500. The van der Waals surface area contributed by atoms with E-state index < -0.39 is 0 Å². The summed E-state index contributed by atoms with van der Waals surface area (Å²) in [6, 6.07) is 5.05. The van der Waals surface area contributed by atoms with Crippen molar-refractivity contribution in [1.82, 2.24) is 4.90 Å². The van der Waals surface area contributed by atoms with Gasteiger partial charge < -0.3 is 15.7 Å². The van der Waals surface area contributed by atoms with Gasteiger partial charge in [-0.15, -0.1) is 0 Å². The van der Waals surface area contributed by atoms with E-state index in [4.69, 9.17) is 5.73 Å². The zero-order valence-electron chi connectivity index (χ0n) is 10.5. The van der Waals surface area contributed by atoms with Crippen LogP contribution in [0.1, 0.15) is 28.8 Å². The molecule has 1 aromatic carbocycles. The van der Waals surface area contributed by atoms with Crippen LogP contribution < -0.4 is 5.73 Å². The number of benzene rings is 1. The molecule has 3 N–H and O–H groups in total. The number of nitrogens with two attached hydrogens (primary N) is 1. The standard InChI is InChI=1S/C14H18N2O2/c1-9-11(3-2-4-12(9)17)13(18)16-7-14(15,8-16)10-5-6-10/h2-4,10,17H,5-8,15H2,1H3. The van der Waals surface area contributed by atoms with Crippen LogP contribution in [0.2, 0.25) is 0 Å². The number of rotatable bonds is 2. The molecule has 4 nitrogen and oxygen atoms in total. The van der Waals surface area contributed by atoms with Gasteiger partial charge in [-0.2, -0.15) is 0 Å². The van der Waals surface area contributed by atoms with Crippen molar-refractivity contribution in [3.8, 4) is 5.75 Å². The summed E-state index contributed by atoms with van der Waals surface area (Å²) in [5.74, 6) is 0.750. The summed E-state index contributed by atoms with van der Waals surface area (Å²) < 4.78 is 0. The highest BCUT2D eigenvalue weighted by Gasteiger charge is 2.51. The minimum atomic E-state index is -0.152. The molecule has 1 aliphatic carbocycles. The Kier molecular flexibility index (Phi) is 2.38. The van der Waals surface area contributed by atoms with Gasteiger partial charge in [-0.3, -0.25) is 4.79 Å². The van der Waals surface area contributed by atoms with E-state index in [-0.39, 0.29) is 17.2 Å². The van der Waals surface area contributed by atoms with Crippen molar-refractivity contribution in [2.75, 3.05) is 13.1 Å². The van der Waals surface area contributed by atoms with Crippen LogP contribution in [-0.2, 0) is 0 Å². The second-order valence-electron chi connectivity index (χ2n) is 5.62. The molecule has 2 fully saturated rings. The molecule has 1 heterocycles. The number of hydrogen-bond acceptors (Lipinski definition) is 3. The van der Waals surface area contributed by atoms with Crippen LogP contribution in [0.4, 0.5) is 0 Å². The molecular formula is C14H18N2O2. The van der Waals surface area contributed by atoms with E-state index in [0.717, 1.165) is 0 Å². The number of carbonyl (C=O) groups is 1. The lowest BCUT2D eigenvalue weighted by molar-refractivity contribution is 0.0349. The molecule has 0 spiro atoms. The van der Waals surface area contributed by atoms with E-state index in [1.807, 2.05) is 0 Å². The maximum Gasteiger partial charge on any atom is 0.254 e. The van der Waals surface area contributed by atoms with E-state index in [9.17, 15) is 9.90 Å². The van der Waals surface area contributed by atoms with E-state index in [1.54, 1.807) is 30.0 Å². The minimum Gasteiger partial charge on any atom is -0.508 e. The lowest BCUT2D eigenvalue weighted by atomic mass is 9.85. The monoisotopic (exact) mass is 246 g/mol. The number of hydrogen-bond donors (Lipinski definition) is 2. The third-order valence-corrected chi connectivity index (χ3v) is 4.18. The van der Waals surface area contributed by atoms with E-state index in [1.165, 1.54) is 12.8 Å². The molecule has 96 valence electrons. The third-order valence-electron chi connectivity index (χ3n) is 4.18. The van der Waals surface area contributed by atoms with Crippen molar-refractivity contribution in [2.45, 2.75) is 25.3 Å². The average molecular weight is 246 g/mol. The van der Waals surface area contributed by atoms with Crippen LogP contribution >= 0.6 is 0 Å². The second kappa shape index (κ2) is 3.72. The first-order valence-corrected chi connectivity index (χ1v) is 6.38. The van der Waals surface area contributed by atoms with Crippen molar-refractivity contribution >= 4 is 5.91 Å². The smallest absolute Gasteiger partial charge is 0.254 e. The molecule has 18 heavy (non-hydrogen) atoms. The Balaban J connectivity index is 1.74. The van der Waals surface area contributed by atoms with Crippen molar-refractivity contribution in [2.24, 2.45) is 11.7 Å². The average Bonchev–Trinajstić information content (AvgIpc) is 3.12. The van der Waals surface area contributed by atoms with Crippen LogP contribution in [0.15, 0.2) is 18.2 Å². The molecule has 1 saturated heterocycles. The predicted octanol–water partition coefficient (Wildman–Crippen LogP) is 1.26. The number of phenols is 1. The highest BCUT2D eigenvalue weighted by Crippen LogP contribution is 2.43. The number of aromatic hydroxyl groups is 1. The highest BCUT2D eigenvalue weighted by atomic mass is 16.3. The van der Waals surface area contributed by atoms with Gasteiger partial charge in [0.2, 0.25) is 0 Å². The molecule has 1 saturated carbocycles. The second-order valence-corrected chi connectivity index (χ2v) is 5.62. The molecule has 3 rings (SSSR count). The lowest BCUT2D eigenvalue weighted by Gasteiger charge is -2.48. The first-order chi connectivity index (χ1) is 8.51. The Labute approximate surface area is 106 Å². The Morgan fingerprint density at radius 1 is 1.44 bits per heavy atom. The van der Waals surface area contributed by atoms with Gasteiger partial charge >= 0.3 is 0 Å². The fourth-order valence-corrected chi connectivity index (χ4v) is 2.75. The van der Waals surface area contributed by atoms with Crippen LogP contribution in [-0.4, -0.2) is 34.5 Å². The summed E-state index contributed by atoms with van der Waals surface area (Å²) in [6.45, 7) is 3.05. The van der Waals surface area contributed by atoms with Gasteiger partial charge in [0.1, 0.15) is 5.75 Å². The number of carbonyl (C=O) groups excluding carboxylic acids is 1. The van der Waals surface area contributed by atoms with Gasteiger partial charge in [-0.1, -0.05) is 6.07 Å². The molecule has 4 heteroatoms. The van der Waals surface area contributed by atoms with Crippen LogP contribution in [0.3, 0.4) is 0 Å². The van der Waals surface area contributed by atoms with Gasteiger partial charge in [0, 0.05) is 24.2 Å². The van der Waals surface area contributed by atoms with Gasteiger partial charge in [0.05, 0.1) is 5.54 Å². The van der Waals surface area contributed by atoms with Crippen molar-refractivity contribution < 1.29 is 9.90 Å². The Morgan fingerprint density at radius 2 is 2.11 bits per heavy atom. The summed E-state index contributed by atoms with van der Waals surface area (Å²) in [5.41, 5.74) is 7.31. The normalized spacial score (nSPS) is 21.6. The van der Waals surface area contributed by atoms with E-state index in [0.29, 0.717) is 30.1 Å². The number of amides is 1. The quantitative estimate of drug-likeness (QED) is 0.825. The fourth-order valence-electron chi connectivity index (χ4n) is 2.75. The lowest BCUT2D eigenvalue weighted by Crippen LogP contribution is -2.69. The number of nitrogens with zero attached hydrogens (tertiary/aromatic N) is 1. The topological polar surface area (TPSA) is 66.6 Å². The molecule has 1 aliphatic heterocycles. The molecule has 1 amide bonds. The van der Waals surface area contributed by atoms with Gasteiger partial charge in [0.15, 0.2) is 0 Å². The molecular weight excluding hydrogens is 228 g/mol. The van der Waals surface area contributed by atoms with Gasteiger partial charge in [0.25, 0.3) is 5.91 Å². The summed E-state index contributed by atoms with van der Waals surface area (Å²) in [4.78, 5) is 14.1. The van der Waals surface area contributed by atoms with Crippen molar-refractivity contribution in [1.29, 1.82) is 0 Å². The number of phenolic OH excluding ortho intramolecular Hbond substituents is 1. The highest BCUT2D eigenvalue weighted by molar-refractivity contribution is 5.97. The summed E-state index contributed by atoms with van der Waals surface area (Å²) in [6.07, 6.45) is 2.40. The largest absolute Gasteiger partial charge is 0.508 e. The van der Waals surface area contributed by atoms with Crippen LogP contribution in [0.25, 0.3) is 0 Å². The minimum absolute atomic E-state index is 0.0230. The molecule has 0 unspecified atom stereocenters. The SMILES string of the molecule is Cc1c(O)cccc1C(=O)N1CC(N)(C2CC2)C1. The maximum atomic E-state index is 12.3. The van der Waals surface area contributed by atoms with Crippen molar-refractivity contribution in [3.63, 3.8) is 0 Å².